The van der Waals surface area contributed by atoms with Crippen LogP contribution in [0.5, 0.6) is 5.88 Å². The Bertz CT molecular complexity index is 664. The minimum Gasteiger partial charge on any atom is -0.476 e. The molecule has 2 heterocycles. The fourth-order valence-corrected chi connectivity index (χ4v) is 2.78. The molecule has 28 heavy (non-hydrogen) atoms. The molecule has 1 aliphatic rings. The molecule has 0 saturated carbocycles. The van der Waals surface area contributed by atoms with Crippen LogP contribution in [0.25, 0.3) is 0 Å². The van der Waals surface area contributed by atoms with Crippen LogP contribution >= 0.6 is 0 Å². The molecule has 0 spiro atoms. The van der Waals surface area contributed by atoms with Gasteiger partial charge in [0.05, 0.1) is 12.1 Å². The molecule has 1 amide bonds. The maximum Gasteiger partial charge on any atom is 0.417 e. The number of aromatic nitrogens is 1. The molecule has 10 heteroatoms. The number of alkyl halides is 3. The fraction of sp³-hybridized carbons (Fsp3) is 0.611. The van der Waals surface area contributed by atoms with Crippen LogP contribution in [0.1, 0.15) is 32.3 Å². The predicted octanol–water partition coefficient (Wildman–Crippen LogP) is 2.05. The quantitative estimate of drug-likeness (QED) is 0.415. The lowest BCUT2D eigenvalue weighted by Crippen LogP contribution is -2.45. The number of guanidine groups is 1. The van der Waals surface area contributed by atoms with Gasteiger partial charge in [-0.2, -0.15) is 13.2 Å². The molecule has 1 aromatic rings. The number of amides is 1. The highest BCUT2D eigenvalue weighted by Crippen LogP contribution is 2.29. The summed E-state index contributed by atoms with van der Waals surface area (Å²) < 4.78 is 42.9. The van der Waals surface area contributed by atoms with Crippen LogP contribution in [0.15, 0.2) is 23.3 Å². The Morgan fingerprint density at radius 2 is 2.18 bits per heavy atom. The van der Waals surface area contributed by atoms with E-state index in [9.17, 15) is 18.0 Å². The molecule has 0 radical (unpaired) electrons. The zero-order valence-electron chi connectivity index (χ0n) is 16.1. The van der Waals surface area contributed by atoms with Gasteiger partial charge in [-0.1, -0.05) is 6.92 Å². The molecule has 156 valence electrons. The maximum atomic E-state index is 12.5. The van der Waals surface area contributed by atoms with Gasteiger partial charge in [-0.15, -0.1) is 0 Å². The molecule has 7 nitrogen and oxygen atoms in total. The number of likely N-dealkylation sites (tertiary alicyclic amines) is 1. The number of ether oxygens (including phenoxy) is 1. The Hall–Kier alpha value is -2.52. The molecule has 1 atom stereocenters. The van der Waals surface area contributed by atoms with Crippen LogP contribution in [-0.2, 0) is 11.0 Å². The van der Waals surface area contributed by atoms with Crippen molar-refractivity contribution in [2.75, 3.05) is 32.8 Å². The summed E-state index contributed by atoms with van der Waals surface area (Å²) in [4.78, 5) is 21.6. The Morgan fingerprint density at radius 3 is 2.79 bits per heavy atom. The highest BCUT2D eigenvalue weighted by Gasteiger charge is 2.30. The summed E-state index contributed by atoms with van der Waals surface area (Å²) in [5.74, 6) is 0.872. The van der Waals surface area contributed by atoms with E-state index in [1.54, 1.807) is 0 Å². The lowest BCUT2D eigenvalue weighted by Gasteiger charge is -2.18. The molecular weight excluding hydrogens is 375 g/mol. The normalized spacial score (nSPS) is 17.5. The number of hydrogen-bond acceptors (Lipinski definition) is 4. The molecule has 1 aromatic heterocycles. The minimum absolute atomic E-state index is 0.116. The molecule has 1 unspecified atom stereocenters. The van der Waals surface area contributed by atoms with Gasteiger partial charge in [0, 0.05) is 44.4 Å². The molecule has 0 aromatic carbocycles. The third-order valence-electron chi connectivity index (χ3n) is 4.20. The van der Waals surface area contributed by atoms with E-state index in [-0.39, 0.29) is 24.4 Å². The van der Waals surface area contributed by atoms with Gasteiger partial charge in [0.2, 0.25) is 11.8 Å². The Kier molecular flexibility index (Phi) is 7.89. The maximum absolute atomic E-state index is 12.5. The van der Waals surface area contributed by atoms with Crippen molar-refractivity contribution in [2.24, 2.45) is 4.99 Å². The number of nitrogens with zero attached hydrogens (tertiary/aromatic N) is 3. The first kappa shape index (κ1) is 21.8. The topological polar surface area (TPSA) is 78.9 Å². The van der Waals surface area contributed by atoms with E-state index in [0.29, 0.717) is 32.0 Å². The van der Waals surface area contributed by atoms with Crippen molar-refractivity contribution < 1.29 is 22.7 Å². The first-order valence-corrected chi connectivity index (χ1v) is 9.32. The number of carbonyl (C=O) groups excluding carboxylic acids is 1. The summed E-state index contributed by atoms with van der Waals surface area (Å²) in [7, 11) is 0. The molecule has 0 aliphatic carbocycles. The lowest BCUT2D eigenvalue weighted by molar-refractivity contribution is -0.137. The number of aliphatic imine (C=N–C) groups is 1. The van der Waals surface area contributed by atoms with Gasteiger partial charge < -0.3 is 20.3 Å². The van der Waals surface area contributed by atoms with Gasteiger partial charge in [-0.3, -0.25) is 4.79 Å². The zero-order chi connectivity index (χ0) is 20.6. The number of nitrogens with one attached hydrogen (secondary N) is 2. The summed E-state index contributed by atoms with van der Waals surface area (Å²) in [6, 6.07) is 2.25. The molecule has 2 N–H and O–H groups in total. The predicted molar refractivity (Wildman–Crippen MR) is 99.1 cm³/mol. The first-order chi connectivity index (χ1) is 13.3. The molecule has 1 aliphatic heterocycles. The number of carbonyl (C=O) groups is 1. The number of pyridine rings is 1. The third kappa shape index (κ3) is 6.58. The second-order valence-corrected chi connectivity index (χ2v) is 6.32. The van der Waals surface area contributed by atoms with E-state index >= 15 is 0 Å². The Morgan fingerprint density at radius 1 is 1.39 bits per heavy atom. The van der Waals surface area contributed by atoms with Crippen molar-refractivity contribution in [2.45, 2.75) is 38.9 Å². The standard InChI is InChI=1S/C18H26F3N5O2/c1-3-16(27)26-9-7-14(12-26)25-17(22-4-2)23-8-10-28-15-6-5-13(11-24-15)18(19,20)21/h5-6,11,14H,3-4,7-10,12H2,1-2H3,(H2,22,23,25). The first-order valence-electron chi connectivity index (χ1n) is 9.32. The van der Waals surface area contributed by atoms with Crippen molar-refractivity contribution >= 4 is 11.9 Å². The van der Waals surface area contributed by atoms with Gasteiger partial charge in [-0.05, 0) is 19.4 Å². The summed E-state index contributed by atoms with van der Waals surface area (Å²) in [5, 5.41) is 6.43. The Balaban J connectivity index is 1.80. The van der Waals surface area contributed by atoms with Crippen LogP contribution in [0, 0.1) is 0 Å². The number of hydrogen-bond donors (Lipinski definition) is 2. The van der Waals surface area contributed by atoms with Gasteiger partial charge >= 0.3 is 6.18 Å². The molecule has 1 saturated heterocycles. The lowest BCUT2D eigenvalue weighted by atomic mass is 10.3. The molecule has 0 bridgehead atoms. The highest BCUT2D eigenvalue weighted by atomic mass is 19.4. The van der Waals surface area contributed by atoms with E-state index in [1.807, 2.05) is 18.7 Å². The smallest absolute Gasteiger partial charge is 0.417 e. The molecule has 2 rings (SSSR count). The van der Waals surface area contributed by atoms with Crippen molar-refractivity contribution in [3.63, 3.8) is 0 Å². The number of rotatable bonds is 7. The highest BCUT2D eigenvalue weighted by molar-refractivity contribution is 5.80. The summed E-state index contributed by atoms with van der Waals surface area (Å²) in [6.07, 6.45) is -2.33. The minimum atomic E-state index is -4.42. The van der Waals surface area contributed by atoms with E-state index in [1.165, 1.54) is 6.07 Å². The van der Waals surface area contributed by atoms with E-state index in [2.05, 4.69) is 20.6 Å². The average molecular weight is 401 g/mol. The summed E-state index contributed by atoms with van der Waals surface area (Å²) >= 11 is 0. The van der Waals surface area contributed by atoms with Crippen LogP contribution in [0.2, 0.25) is 0 Å². The van der Waals surface area contributed by atoms with E-state index in [4.69, 9.17) is 4.74 Å². The average Bonchev–Trinajstić information content (AvgIpc) is 3.13. The monoisotopic (exact) mass is 401 g/mol. The molecular formula is C18H26F3N5O2. The van der Waals surface area contributed by atoms with Crippen molar-refractivity contribution in [3.8, 4) is 5.88 Å². The van der Waals surface area contributed by atoms with Crippen molar-refractivity contribution in [3.05, 3.63) is 23.9 Å². The van der Waals surface area contributed by atoms with Crippen LogP contribution < -0.4 is 15.4 Å². The van der Waals surface area contributed by atoms with Crippen molar-refractivity contribution in [1.29, 1.82) is 0 Å². The largest absolute Gasteiger partial charge is 0.476 e. The Labute approximate surface area is 162 Å². The van der Waals surface area contributed by atoms with Crippen molar-refractivity contribution in [1.82, 2.24) is 20.5 Å². The summed E-state index contributed by atoms with van der Waals surface area (Å²) in [6.45, 7) is 6.33. The van der Waals surface area contributed by atoms with Gasteiger partial charge in [0.25, 0.3) is 0 Å². The van der Waals surface area contributed by atoms with Gasteiger partial charge in [0.15, 0.2) is 5.96 Å². The van der Waals surface area contributed by atoms with Gasteiger partial charge in [-0.25, -0.2) is 9.98 Å². The van der Waals surface area contributed by atoms with Gasteiger partial charge in [0.1, 0.15) is 6.61 Å². The second-order valence-electron chi connectivity index (χ2n) is 6.32. The number of halogens is 3. The summed E-state index contributed by atoms with van der Waals surface area (Å²) in [5.41, 5.74) is -0.816. The molecule has 1 fully saturated rings. The second kappa shape index (κ2) is 10.1. The third-order valence-corrected chi connectivity index (χ3v) is 4.20. The van der Waals surface area contributed by atoms with E-state index in [0.717, 1.165) is 25.2 Å². The van der Waals surface area contributed by atoms with Crippen LogP contribution in [-0.4, -0.2) is 60.6 Å². The SMILES string of the molecule is CCNC(=NCCOc1ccc(C(F)(F)F)cn1)NC1CCN(C(=O)CC)C1. The zero-order valence-corrected chi connectivity index (χ0v) is 16.1. The van der Waals surface area contributed by atoms with Crippen LogP contribution in [0.4, 0.5) is 13.2 Å². The fourth-order valence-electron chi connectivity index (χ4n) is 2.78. The van der Waals surface area contributed by atoms with E-state index < -0.39 is 11.7 Å². The van der Waals surface area contributed by atoms with Crippen LogP contribution in [0.3, 0.4) is 0 Å².